The molecule has 0 bridgehead atoms. The summed E-state index contributed by atoms with van der Waals surface area (Å²) in [5.41, 5.74) is 1.97. The number of aromatic nitrogens is 2. The van der Waals surface area contributed by atoms with Crippen molar-refractivity contribution in [3.05, 3.63) is 44.9 Å². The maximum absolute atomic E-state index is 11.8. The van der Waals surface area contributed by atoms with Gasteiger partial charge in [-0.3, -0.25) is 9.48 Å². The zero-order valence-electron chi connectivity index (χ0n) is 9.48. The van der Waals surface area contributed by atoms with E-state index >= 15 is 0 Å². The summed E-state index contributed by atoms with van der Waals surface area (Å²) in [5, 5.41) is 4.11. The van der Waals surface area contributed by atoms with Gasteiger partial charge in [0.25, 0.3) is 0 Å². The minimum atomic E-state index is -0.0369. The van der Waals surface area contributed by atoms with Gasteiger partial charge in [-0.05, 0) is 31.2 Å². The van der Waals surface area contributed by atoms with Crippen LogP contribution in [0, 0.1) is 6.92 Å². The summed E-state index contributed by atoms with van der Waals surface area (Å²) in [5.74, 6) is -0.0369. The van der Waals surface area contributed by atoms with E-state index < -0.39 is 0 Å². The second-order valence-electron chi connectivity index (χ2n) is 3.61. The highest BCUT2D eigenvalue weighted by molar-refractivity contribution is 7.18. The highest BCUT2D eigenvalue weighted by Gasteiger charge is 2.06. The van der Waals surface area contributed by atoms with Crippen molar-refractivity contribution in [2.45, 2.75) is 6.92 Å². The topological polar surface area (TPSA) is 34.9 Å². The molecule has 0 spiro atoms. The van der Waals surface area contributed by atoms with Crippen molar-refractivity contribution in [3.8, 4) is 0 Å². The second-order valence-corrected chi connectivity index (χ2v) is 5.33. The first-order valence-electron chi connectivity index (χ1n) is 5.04. The molecule has 0 aliphatic carbocycles. The maximum Gasteiger partial charge on any atom is 0.195 e. The van der Waals surface area contributed by atoms with Crippen LogP contribution < -0.4 is 0 Å². The average Bonchev–Trinajstić information content (AvgIpc) is 2.86. The number of carbonyl (C=O) groups is 1. The molecule has 2 aromatic heterocycles. The molecular formula is C12H11ClN2OS. The Bertz CT molecular complexity index is 583. The fourth-order valence-electron chi connectivity index (χ4n) is 1.37. The van der Waals surface area contributed by atoms with Crippen molar-refractivity contribution >= 4 is 34.8 Å². The minimum Gasteiger partial charge on any atom is -0.288 e. The zero-order chi connectivity index (χ0) is 12.4. The van der Waals surface area contributed by atoms with Crippen molar-refractivity contribution in [3.63, 3.8) is 0 Å². The fraction of sp³-hybridized carbons (Fsp3) is 0.167. The first kappa shape index (κ1) is 12.1. The largest absolute Gasteiger partial charge is 0.288 e. The predicted octanol–water partition coefficient (Wildman–Crippen LogP) is 3.34. The normalized spacial score (nSPS) is 11.2. The van der Waals surface area contributed by atoms with Gasteiger partial charge in [0.15, 0.2) is 5.78 Å². The van der Waals surface area contributed by atoms with Crippen LogP contribution in [0.25, 0.3) is 6.08 Å². The van der Waals surface area contributed by atoms with Gasteiger partial charge in [-0.25, -0.2) is 0 Å². The lowest BCUT2D eigenvalue weighted by molar-refractivity contribution is 0.105. The summed E-state index contributed by atoms with van der Waals surface area (Å²) in [6.45, 7) is 1.96. The molecule has 0 unspecified atom stereocenters. The van der Waals surface area contributed by atoms with Crippen molar-refractivity contribution in [1.29, 1.82) is 0 Å². The minimum absolute atomic E-state index is 0.0369. The summed E-state index contributed by atoms with van der Waals surface area (Å²) in [4.78, 5) is 12.4. The Kier molecular flexibility index (Phi) is 3.45. The molecular weight excluding hydrogens is 256 g/mol. The van der Waals surface area contributed by atoms with Crippen molar-refractivity contribution in [2.24, 2.45) is 7.05 Å². The van der Waals surface area contributed by atoms with Gasteiger partial charge in [-0.1, -0.05) is 11.6 Å². The molecule has 0 atom stereocenters. The van der Waals surface area contributed by atoms with Crippen LogP contribution in [0.3, 0.4) is 0 Å². The highest BCUT2D eigenvalue weighted by Crippen LogP contribution is 2.22. The monoisotopic (exact) mass is 266 g/mol. The molecule has 17 heavy (non-hydrogen) atoms. The lowest BCUT2D eigenvalue weighted by atomic mass is 10.2. The second kappa shape index (κ2) is 4.85. The van der Waals surface area contributed by atoms with Gasteiger partial charge in [0.1, 0.15) is 0 Å². The van der Waals surface area contributed by atoms with E-state index in [0.29, 0.717) is 9.21 Å². The average molecular weight is 267 g/mol. The Hall–Kier alpha value is -1.39. The number of allylic oxidation sites excluding steroid dienone is 1. The van der Waals surface area contributed by atoms with E-state index in [1.54, 1.807) is 35.2 Å². The lowest BCUT2D eigenvalue weighted by Gasteiger charge is -1.93. The molecule has 0 amide bonds. The maximum atomic E-state index is 11.8. The standard InChI is InChI=1S/C12H11ClN2OS/c1-8-9(7-14-15(8)2)3-4-10(16)11-5-6-12(13)17-11/h3-7H,1-2H3. The molecule has 0 radical (unpaired) electrons. The number of carbonyl (C=O) groups excluding carboxylic acids is 1. The van der Waals surface area contributed by atoms with E-state index in [1.165, 1.54) is 11.3 Å². The summed E-state index contributed by atoms with van der Waals surface area (Å²) >= 11 is 7.06. The molecule has 0 aliphatic rings. The first-order valence-corrected chi connectivity index (χ1v) is 6.23. The van der Waals surface area contributed by atoms with Gasteiger partial charge in [-0.15, -0.1) is 11.3 Å². The van der Waals surface area contributed by atoms with Crippen molar-refractivity contribution in [2.75, 3.05) is 0 Å². The Morgan fingerprint density at radius 1 is 1.53 bits per heavy atom. The molecule has 88 valence electrons. The molecule has 2 rings (SSSR count). The van der Waals surface area contributed by atoms with Crippen LogP contribution >= 0.6 is 22.9 Å². The molecule has 0 saturated carbocycles. The van der Waals surface area contributed by atoms with E-state index in [-0.39, 0.29) is 5.78 Å². The Morgan fingerprint density at radius 3 is 2.82 bits per heavy atom. The molecule has 0 fully saturated rings. The van der Waals surface area contributed by atoms with Gasteiger partial charge in [0.05, 0.1) is 15.4 Å². The SMILES string of the molecule is Cc1c(C=CC(=O)c2ccc(Cl)s2)cnn1C. The molecule has 2 aromatic rings. The highest BCUT2D eigenvalue weighted by atomic mass is 35.5. The molecule has 0 saturated heterocycles. The Morgan fingerprint density at radius 2 is 2.29 bits per heavy atom. The summed E-state index contributed by atoms with van der Waals surface area (Å²) in [6, 6.07) is 3.46. The molecule has 0 aromatic carbocycles. The van der Waals surface area contributed by atoms with Crippen LogP contribution in [0.1, 0.15) is 20.9 Å². The third-order valence-electron chi connectivity index (χ3n) is 2.50. The molecule has 2 heterocycles. The lowest BCUT2D eigenvalue weighted by Crippen LogP contribution is -1.92. The van der Waals surface area contributed by atoms with Gasteiger partial charge in [0, 0.05) is 18.3 Å². The summed E-state index contributed by atoms with van der Waals surface area (Å²) < 4.78 is 2.39. The number of nitrogens with zero attached hydrogens (tertiary/aromatic N) is 2. The predicted molar refractivity (Wildman–Crippen MR) is 70.6 cm³/mol. The summed E-state index contributed by atoms with van der Waals surface area (Å²) in [6.07, 6.45) is 5.06. The van der Waals surface area contributed by atoms with E-state index in [2.05, 4.69) is 5.10 Å². The molecule has 3 nitrogen and oxygen atoms in total. The number of hydrogen-bond donors (Lipinski definition) is 0. The number of rotatable bonds is 3. The van der Waals surface area contributed by atoms with E-state index in [9.17, 15) is 4.79 Å². The van der Waals surface area contributed by atoms with Gasteiger partial charge in [-0.2, -0.15) is 5.10 Å². The molecule has 0 aliphatic heterocycles. The number of halogens is 1. The number of hydrogen-bond acceptors (Lipinski definition) is 3. The van der Waals surface area contributed by atoms with Gasteiger partial charge < -0.3 is 0 Å². The summed E-state index contributed by atoms with van der Waals surface area (Å²) in [7, 11) is 1.87. The van der Waals surface area contributed by atoms with Crippen LogP contribution in [0.15, 0.2) is 24.4 Å². The number of ketones is 1. The van der Waals surface area contributed by atoms with E-state index in [0.717, 1.165) is 11.3 Å². The molecule has 0 N–H and O–H groups in total. The van der Waals surface area contributed by atoms with E-state index in [4.69, 9.17) is 11.6 Å². The number of aryl methyl sites for hydroxylation is 1. The molecule has 5 heteroatoms. The van der Waals surface area contributed by atoms with Gasteiger partial charge >= 0.3 is 0 Å². The van der Waals surface area contributed by atoms with E-state index in [1.807, 2.05) is 14.0 Å². The third kappa shape index (κ3) is 2.65. The van der Waals surface area contributed by atoms with Crippen LogP contribution in [0.5, 0.6) is 0 Å². The third-order valence-corrected chi connectivity index (χ3v) is 3.75. The van der Waals surface area contributed by atoms with Gasteiger partial charge in [0.2, 0.25) is 0 Å². The smallest absolute Gasteiger partial charge is 0.195 e. The van der Waals surface area contributed by atoms with Crippen LogP contribution in [-0.2, 0) is 7.05 Å². The van der Waals surface area contributed by atoms with Crippen LogP contribution in [0.4, 0.5) is 0 Å². The number of thiophene rings is 1. The first-order chi connectivity index (χ1) is 8.08. The van der Waals surface area contributed by atoms with Crippen LogP contribution in [0.2, 0.25) is 4.34 Å². The van der Waals surface area contributed by atoms with Crippen molar-refractivity contribution < 1.29 is 4.79 Å². The zero-order valence-corrected chi connectivity index (χ0v) is 11.0. The fourth-order valence-corrected chi connectivity index (χ4v) is 2.34. The van der Waals surface area contributed by atoms with Crippen molar-refractivity contribution in [1.82, 2.24) is 9.78 Å². The van der Waals surface area contributed by atoms with Crippen LogP contribution in [-0.4, -0.2) is 15.6 Å². The quantitative estimate of drug-likeness (QED) is 0.631. The Labute approximate surface area is 108 Å². The Balaban J connectivity index is 2.16.